The number of benzene rings is 1. The molecule has 4 rings (SSSR count). The summed E-state index contributed by atoms with van der Waals surface area (Å²) in [5.74, 6) is 0.143. The van der Waals surface area contributed by atoms with E-state index >= 15 is 0 Å². The topological polar surface area (TPSA) is 124 Å². The van der Waals surface area contributed by atoms with Crippen LogP contribution in [0.15, 0.2) is 39.9 Å². The first-order valence-corrected chi connectivity index (χ1v) is 8.87. The number of hydrogen-bond donors (Lipinski definition) is 4. The molecule has 9 nitrogen and oxygen atoms in total. The molecule has 1 aromatic carbocycles. The maximum absolute atomic E-state index is 12.7. The van der Waals surface area contributed by atoms with E-state index in [0.717, 1.165) is 17.0 Å². The van der Waals surface area contributed by atoms with E-state index in [2.05, 4.69) is 25.9 Å². The second-order valence-corrected chi connectivity index (χ2v) is 6.61. The molecule has 0 aromatic heterocycles. The Kier molecular flexibility index (Phi) is 4.27. The first-order chi connectivity index (χ1) is 13.0. The van der Waals surface area contributed by atoms with Crippen LogP contribution in [-0.4, -0.2) is 54.3 Å². The van der Waals surface area contributed by atoms with Crippen molar-refractivity contribution in [3.05, 3.63) is 41.1 Å². The molecule has 0 radical (unpaired) electrons. The number of likely N-dealkylation sites (N-methyl/N-ethyl adjacent to an activating group) is 1. The van der Waals surface area contributed by atoms with Crippen LogP contribution in [0.5, 0.6) is 0 Å². The molecule has 0 spiro atoms. The highest BCUT2D eigenvalue weighted by Gasteiger charge is 2.30. The van der Waals surface area contributed by atoms with Gasteiger partial charge in [0.2, 0.25) is 5.91 Å². The van der Waals surface area contributed by atoms with Gasteiger partial charge in [-0.1, -0.05) is 12.1 Å². The van der Waals surface area contributed by atoms with E-state index < -0.39 is 0 Å². The number of carbonyl (C=O) groups excluding carboxylic acids is 2. The predicted octanol–water partition coefficient (Wildman–Crippen LogP) is -0.419. The van der Waals surface area contributed by atoms with Gasteiger partial charge in [0.25, 0.3) is 5.91 Å². The fraction of sp³-hybridized carbons (Fsp3) is 0.333. The number of rotatable bonds is 4. The van der Waals surface area contributed by atoms with Crippen LogP contribution in [0.3, 0.4) is 0 Å². The zero-order chi connectivity index (χ0) is 19.0. The Hall–Kier alpha value is -3.36. The molecule has 140 valence electrons. The molecule has 0 saturated carbocycles. The number of nitrogens with zero attached hydrogens (tertiary/aromatic N) is 3. The Labute approximate surface area is 156 Å². The van der Waals surface area contributed by atoms with Crippen molar-refractivity contribution >= 4 is 29.8 Å². The minimum absolute atomic E-state index is 0.0722. The highest BCUT2D eigenvalue weighted by Crippen LogP contribution is 2.24. The second kappa shape index (κ2) is 6.75. The smallest absolute Gasteiger partial charge is 0.251 e. The fourth-order valence-corrected chi connectivity index (χ4v) is 3.47. The lowest BCUT2D eigenvalue weighted by Crippen LogP contribution is -2.38. The van der Waals surface area contributed by atoms with Gasteiger partial charge in [-0.25, -0.2) is 9.98 Å². The fourth-order valence-electron chi connectivity index (χ4n) is 3.47. The third kappa shape index (κ3) is 3.23. The molecule has 3 aliphatic rings. The molecule has 3 aliphatic heterocycles. The minimum Gasteiger partial charge on any atom is -0.370 e. The number of likely N-dealkylation sites (tertiary alicyclic amines) is 1. The number of carbonyl (C=O) groups is 2. The van der Waals surface area contributed by atoms with Crippen LogP contribution in [0.1, 0.15) is 29.3 Å². The normalized spacial score (nSPS) is 23.7. The Balaban J connectivity index is 1.53. The Morgan fingerprint density at radius 2 is 2.30 bits per heavy atom. The average Bonchev–Trinajstić information content (AvgIpc) is 3.26. The Morgan fingerprint density at radius 1 is 1.44 bits per heavy atom. The SMILES string of the molecule is CCN1C[C@@H](NC(=O)c2cccc(C3=C4NC=NC4N=C(N)N3)c2)CC1=O. The summed E-state index contributed by atoms with van der Waals surface area (Å²) in [5.41, 5.74) is 8.71. The third-order valence-electron chi connectivity index (χ3n) is 4.82. The minimum atomic E-state index is -0.386. The number of guanidine groups is 1. The average molecular weight is 367 g/mol. The van der Waals surface area contributed by atoms with Gasteiger partial charge in [-0.3, -0.25) is 9.59 Å². The number of fused-ring (bicyclic) bond motifs is 1. The second-order valence-electron chi connectivity index (χ2n) is 6.61. The predicted molar refractivity (Wildman–Crippen MR) is 102 cm³/mol. The van der Waals surface area contributed by atoms with Crippen LogP contribution in [0.2, 0.25) is 0 Å². The molecule has 3 heterocycles. The van der Waals surface area contributed by atoms with Crippen LogP contribution in [0, 0.1) is 0 Å². The summed E-state index contributed by atoms with van der Waals surface area (Å²) in [6.07, 6.45) is 1.53. The van der Waals surface area contributed by atoms with E-state index in [-0.39, 0.29) is 30.0 Å². The molecule has 1 aromatic rings. The van der Waals surface area contributed by atoms with Gasteiger partial charge < -0.3 is 26.6 Å². The van der Waals surface area contributed by atoms with Crippen molar-refractivity contribution in [3.63, 3.8) is 0 Å². The first kappa shape index (κ1) is 17.1. The van der Waals surface area contributed by atoms with Crippen LogP contribution >= 0.6 is 0 Å². The molecule has 2 atom stereocenters. The molecule has 9 heteroatoms. The molecule has 5 N–H and O–H groups in total. The van der Waals surface area contributed by atoms with Crippen molar-refractivity contribution in [1.29, 1.82) is 0 Å². The first-order valence-electron chi connectivity index (χ1n) is 8.87. The van der Waals surface area contributed by atoms with Crippen molar-refractivity contribution in [3.8, 4) is 0 Å². The standard InChI is InChI=1S/C18H21N7O2/c1-2-25-8-12(7-13(25)26)22-17(27)11-5-3-4-10(6-11)14-15-16(21-9-20-15)24-18(19)23-14/h3-6,9,12,16H,2,7-8H2,1H3,(H,20,21)(H,22,27)(H3,19,23,24)/t12-,16?/m0/s1. The summed E-state index contributed by atoms with van der Waals surface area (Å²) >= 11 is 0. The molecule has 27 heavy (non-hydrogen) atoms. The third-order valence-corrected chi connectivity index (χ3v) is 4.82. The zero-order valence-corrected chi connectivity index (χ0v) is 14.9. The van der Waals surface area contributed by atoms with Gasteiger partial charge in [-0.05, 0) is 19.1 Å². The van der Waals surface area contributed by atoms with Gasteiger partial charge in [0.05, 0.1) is 23.8 Å². The van der Waals surface area contributed by atoms with Crippen LogP contribution in [0.25, 0.3) is 5.70 Å². The maximum Gasteiger partial charge on any atom is 0.251 e. The number of nitrogens with two attached hydrogens (primary N) is 1. The lowest BCUT2D eigenvalue weighted by atomic mass is 10.0. The Morgan fingerprint density at radius 3 is 3.07 bits per heavy atom. The summed E-state index contributed by atoms with van der Waals surface area (Å²) in [7, 11) is 0. The van der Waals surface area contributed by atoms with Crippen molar-refractivity contribution in [2.24, 2.45) is 15.7 Å². The molecular weight excluding hydrogens is 346 g/mol. The highest BCUT2D eigenvalue weighted by atomic mass is 16.2. The highest BCUT2D eigenvalue weighted by molar-refractivity contribution is 5.97. The van der Waals surface area contributed by atoms with Gasteiger partial charge in [0, 0.05) is 30.6 Å². The van der Waals surface area contributed by atoms with Crippen molar-refractivity contribution in [2.45, 2.75) is 25.6 Å². The summed E-state index contributed by atoms with van der Waals surface area (Å²) in [6, 6.07) is 7.06. The number of nitrogens with one attached hydrogen (secondary N) is 3. The van der Waals surface area contributed by atoms with Gasteiger partial charge in [0.15, 0.2) is 12.1 Å². The monoisotopic (exact) mass is 367 g/mol. The molecule has 1 unspecified atom stereocenters. The van der Waals surface area contributed by atoms with E-state index in [4.69, 9.17) is 5.73 Å². The van der Waals surface area contributed by atoms with E-state index in [1.165, 1.54) is 0 Å². The molecule has 0 aliphatic carbocycles. The van der Waals surface area contributed by atoms with Gasteiger partial charge >= 0.3 is 0 Å². The van der Waals surface area contributed by atoms with E-state index in [1.807, 2.05) is 19.1 Å². The summed E-state index contributed by atoms with van der Waals surface area (Å²) in [4.78, 5) is 34.7. The van der Waals surface area contributed by atoms with Gasteiger partial charge in [-0.2, -0.15) is 0 Å². The molecule has 1 fully saturated rings. The van der Waals surface area contributed by atoms with E-state index in [9.17, 15) is 9.59 Å². The largest absolute Gasteiger partial charge is 0.370 e. The van der Waals surface area contributed by atoms with Gasteiger partial charge in [0.1, 0.15) is 0 Å². The zero-order valence-electron chi connectivity index (χ0n) is 14.9. The molecular formula is C18H21N7O2. The van der Waals surface area contributed by atoms with E-state index in [0.29, 0.717) is 25.1 Å². The van der Waals surface area contributed by atoms with Crippen molar-refractivity contribution in [1.82, 2.24) is 20.9 Å². The van der Waals surface area contributed by atoms with E-state index in [1.54, 1.807) is 23.4 Å². The number of aliphatic imine (C=N–C) groups is 2. The van der Waals surface area contributed by atoms with Gasteiger partial charge in [-0.15, -0.1) is 0 Å². The summed E-state index contributed by atoms with van der Waals surface area (Å²) < 4.78 is 0. The maximum atomic E-state index is 12.7. The number of hydrogen-bond acceptors (Lipinski definition) is 7. The van der Waals surface area contributed by atoms with Crippen molar-refractivity contribution in [2.75, 3.05) is 13.1 Å². The molecule has 2 amide bonds. The summed E-state index contributed by atoms with van der Waals surface area (Å²) in [5, 5.41) is 9.06. The van der Waals surface area contributed by atoms with Crippen LogP contribution in [0.4, 0.5) is 0 Å². The molecule has 1 saturated heterocycles. The molecule has 0 bridgehead atoms. The van der Waals surface area contributed by atoms with Crippen LogP contribution in [-0.2, 0) is 4.79 Å². The van der Waals surface area contributed by atoms with Crippen molar-refractivity contribution < 1.29 is 9.59 Å². The number of amides is 2. The quantitative estimate of drug-likeness (QED) is 0.575. The lowest BCUT2D eigenvalue weighted by Gasteiger charge is -2.21. The summed E-state index contributed by atoms with van der Waals surface area (Å²) in [6.45, 7) is 3.14. The van der Waals surface area contributed by atoms with Crippen LogP contribution < -0.4 is 21.7 Å². The lowest BCUT2D eigenvalue weighted by molar-refractivity contribution is -0.127. The Bertz CT molecular complexity index is 889.